The van der Waals surface area contributed by atoms with Gasteiger partial charge in [0.2, 0.25) is 0 Å². The summed E-state index contributed by atoms with van der Waals surface area (Å²) in [5, 5.41) is 9.65. The van der Waals surface area contributed by atoms with Crippen molar-refractivity contribution < 1.29 is 23.8 Å². The second-order valence-corrected chi connectivity index (χ2v) is 10.6. The van der Waals surface area contributed by atoms with Crippen molar-refractivity contribution >= 4 is 41.0 Å². The van der Waals surface area contributed by atoms with E-state index in [2.05, 4.69) is 4.99 Å². The van der Waals surface area contributed by atoms with E-state index in [0.717, 1.165) is 0 Å². The topological polar surface area (TPSA) is 111 Å². The van der Waals surface area contributed by atoms with Gasteiger partial charge in [0.1, 0.15) is 11.5 Å². The molecule has 1 atom stereocenters. The Morgan fingerprint density at radius 1 is 1.10 bits per heavy atom. The standard InChI is InChI=1S/C29H23ClN2O6S/c1-15(2)37-28(36)24-16(3)31-29-32(25(24)18-8-10-20(30)11-9-18)26(33)23(39-29)14-21-12-13-22(38-21)17-4-6-19(7-5-17)27(34)35/h4-15,25H,1-3H3,(H,34,35)/t25-/m0/s1. The van der Waals surface area contributed by atoms with Crippen LogP contribution in [-0.2, 0) is 9.53 Å². The number of rotatable bonds is 6. The minimum absolute atomic E-state index is 0.175. The van der Waals surface area contributed by atoms with E-state index >= 15 is 0 Å². The lowest BCUT2D eigenvalue weighted by Gasteiger charge is -2.25. The van der Waals surface area contributed by atoms with Crippen LogP contribution in [0.3, 0.4) is 0 Å². The van der Waals surface area contributed by atoms with Crippen molar-refractivity contribution in [1.29, 1.82) is 0 Å². The van der Waals surface area contributed by atoms with Crippen molar-refractivity contribution in [2.45, 2.75) is 32.9 Å². The molecule has 1 aliphatic rings. The van der Waals surface area contributed by atoms with Crippen LogP contribution in [0.2, 0.25) is 5.02 Å². The average molecular weight is 563 g/mol. The predicted molar refractivity (Wildman–Crippen MR) is 148 cm³/mol. The number of allylic oxidation sites excluding steroid dienone is 1. The molecule has 8 nitrogen and oxygen atoms in total. The minimum Gasteiger partial charge on any atom is -0.478 e. The fourth-order valence-corrected chi connectivity index (χ4v) is 5.47. The third kappa shape index (κ3) is 5.23. The maximum atomic E-state index is 13.7. The zero-order valence-electron chi connectivity index (χ0n) is 21.2. The van der Waals surface area contributed by atoms with Crippen molar-refractivity contribution in [2.75, 3.05) is 0 Å². The van der Waals surface area contributed by atoms with Gasteiger partial charge in [0.05, 0.1) is 33.5 Å². The van der Waals surface area contributed by atoms with Crippen molar-refractivity contribution in [3.05, 3.63) is 114 Å². The largest absolute Gasteiger partial charge is 0.478 e. The van der Waals surface area contributed by atoms with Crippen LogP contribution in [0.5, 0.6) is 0 Å². The highest BCUT2D eigenvalue weighted by Gasteiger charge is 2.33. The molecule has 0 saturated heterocycles. The van der Waals surface area contributed by atoms with Gasteiger partial charge in [0, 0.05) is 16.7 Å². The molecule has 0 fully saturated rings. The van der Waals surface area contributed by atoms with Crippen LogP contribution in [0, 0.1) is 0 Å². The number of benzene rings is 2. The normalized spacial score (nSPS) is 15.3. The summed E-state index contributed by atoms with van der Waals surface area (Å²) in [5.74, 6) is -0.578. The van der Waals surface area contributed by atoms with E-state index in [4.69, 9.17) is 25.9 Å². The summed E-state index contributed by atoms with van der Waals surface area (Å²) >= 11 is 7.30. The van der Waals surface area contributed by atoms with Crippen LogP contribution in [0.1, 0.15) is 48.5 Å². The molecule has 0 saturated carbocycles. The van der Waals surface area contributed by atoms with Gasteiger partial charge in [-0.3, -0.25) is 9.36 Å². The summed E-state index contributed by atoms with van der Waals surface area (Å²) in [6.45, 7) is 5.25. The van der Waals surface area contributed by atoms with Gasteiger partial charge in [-0.15, -0.1) is 0 Å². The van der Waals surface area contributed by atoms with E-state index in [1.165, 1.54) is 28.0 Å². The second-order valence-electron chi connectivity index (χ2n) is 9.17. The van der Waals surface area contributed by atoms with Gasteiger partial charge in [-0.25, -0.2) is 14.6 Å². The van der Waals surface area contributed by atoms with Gasteiger partial charge in [-0.1, -0.05) is 47.2 Å². The first kappa shape index (κ1) is 26.4. The van der Waals surface area contributed by atoms with E-state index in [-0.39, 0.29) is 22.8 Å². The molecule has 1 N–H and O–H groups in total. The third-order valence-corrected chi connectivity index (χ3v) is 7.32. The highest BCUT2D eigenvalue weighted by molar-refractivity contribution is 7.07. The van der Waals surface area contributed by atoms with Crippen LogP contribution in [-0.4, -0.2) is 27.7 Å². The highest BCUT2D eigenvalue weighted by atomic mass is 35.5. The maximum absolute atomic E-state index is 13.7. The summed E-state index contributed by atoms with van der Waals surface area (Å²) in [6.07, 6.45) is 1.28. The molecule has 2 aromatic heterocycles. The number of thiazole rings is 1. The molecule has 1 aliphatic heterocycles. The number of aromatic nitrogens is 1. The Morgan fingerprint density at radius 3 is 2.44 bits per heavy atom. The molecule has 3 heterocycles. The molecule has 0 radical (unpaired) electrons. The number of hydrogen-bond acceptors (Lipinski definition) is 7. The van der Waals surface area contributed by atoms with Gasteiger partial charge in [0.25, 0.3) is 5.56 Å². The zero-order valence-corrected chi connectivity index (χ0v) is 22.7. The maximum Gasteiger partial charge on any atom is 0.338 e. The van der Waals surface area contributed by atoms with Crippen molar-refractivity contribution in [3.8, 4) is 11.3 Å². The van der Waals surface area contributed by atoms with Gasteiger partial charge in [-0.05, 0) is 62.7 Å². The number of nitrogens with zero attached hydrogens (tertiary/aromatic N) is 2. The molecular weight excluding hydrogens is 540 g/mol. The van der Waals surface area contributed by atoms with E-state index in [1.807, 2.05) is 0 Å². The van der Waals surface area contributed by atoms with E-state index in [1.54, 1.807) is 75.4 Å². The fourth-order valence-electron chi connectivity index (χ4n) is 4.31. The van der Waals surface area contributed by atoms with Gasteiger partial charge in [-0.2, -0.15) is 0 Å². The molecule has 0 unspecified atom stereocenters. The Hall–Kier alpha value is -4.21. The Labute approximate surface area is 231 Å². The molecule has 2 aromatic carbocycles. The second kappa shape index (κ2) is 10.5. The Kier molecular flexibility index (Phi) is 7.12. The monoisotopic (exact) mass is 562 g/mol. The van der Waals surface area contributed by atoms with E-state index in [9.17, 15) is 14.4 Å². The number of ether oxygens (including phenoxy) is 1. The molecule has 0 amide bonds. The first-order chi connectivity index (χ1) is 18.6. The van der Waals surface area contributed by atoms with Gasteiger partial charge in [0.15, 0.2) is 4.80 Å². The summed E-state index contributed by atoms with van der Waals surface area (Å²) in [6, 6.07) is 16.0. The van der Waals surface area contributed by atoms with Gasteiger partial charge < -0.3 is 14.3 Å². The Morgan fingerprint density at radius 2 is 1.79 bits per heavy atom. The number of hydrogen-bond donors (Lipinski definition) is 1. The highest BCUT2D eigenvalue weighted by Crippen LogP contribution is 2.31. The first-order valence-corrected chi connectivity index (χ1v) is 13.2. The molecule has 5 rings (SSSR count). The number of furan rings is 1. The molecular formula is C29H23ClN2O6S. The average Bonchev–Trinajstić information content (AvgIpc) is 3.48. The lowest BCUT2D eigenvalue weighted by Crippen LogP contribution is -2.40. The molecule has 4 aromatic rings. The molecule has 10 heteroatoms. The van der Waals surface area contributed by atoms with Crippen LogP contribution < -0.4 is 14.9 Å². The number of carbonyl (C=O) groups excluding carboxylic acids is 1. The molecule has 0 aliphatic carbocycles. The third-order valence-electron chi connectivity index (χ3n) is 6.09. The summed E-state index contributed by atoms with van der Waals surface area (Å²) in [5.41, 5.74) is 2.00. The number of esters is 1. The molecule has 0 bridgehead atoms. The lowest BCUT2D eigenvalue weighted by atomic mass is 9.96. The Bertz CT molecular complexity index is 1790. The number of halogens is 1. The van der Waals surface area contributed by atoms with Crippen LogP contribution in [0.15, 0.2) is 86.1 Å². The zero-order chi connectivity index (χ0) is 27.8. The van der Waals surface area contributed by atoms with Crippen LogP contribution in [0.4, 0.5) is 0 Å². The number of carboxylic acid groups (broad SMARTS) is 1. The summed E-state index contributed by atoms with van der Waals surface area (Å²) in [7, 11) is 0. The molecule has 0 spiro atoms. The van der Waals surface area contributed by atoms with Gasteiger partial charge >= 0.3 is 11.9 Å². The summed E-state index contributed by atoms with van der Waals surface area (Å²) in [4.78, 5) is 43.0. The van der Waals surface area contributed by atoms with E-state index < -0.39 is 18.0 Å². The number of carbonyl (C=O) groups is 2. The molecule has 198 valence electrons. The number of fused-ring (bicyclic) bond motifs is 1. The minimum atomic E-state index is -1.01. The quantitative estimate of drug-likeness (QED) is 0.338. The van der Waals surface area contributed by atoms with Crippen LogP contribution >= 0.6 is 22.9 Å². The lowest BCUT2D eigenvalue weighted by molar-refractivity contribution is -0.143. The first-order valence-electron chi connectivity index (χ1n) is 12.0. The van der Waals surface area contributed by atoms with Crippen molar-refractivity contribution in [3.63, 3.8) is 0 Å². The number of carboxylic acids is 1. The SMILES string of the molecule is CC1=C(C(=O)OC(C)C)[C@H](c2ccc(Cl)cc2)n2c(sc(=Cc3ccc(-c4ccc(C(=O)O)cc4)o3)c2=O)=N1. The fraction of sp³-hybridized carbons (Fsp3) is 0.172. The number of aromatic carboxylic acids is 1. The van der Waals surface area contributed by atoms with E-state index in [0.29, 0.717) is 42.7 Å². The van der Waals surface area contributed by atoms with Crippen LogP contribution in [0.25, 0.3) is 17.4 Å². The molecule has 39 heavy (non-hydrogen) atoms. The van der Waals surface area contributed by atoms with Crippen molar-refractivity contribution in [1.82, 2.24) is 4.57 Å². The Balaban J connectivity index is 1.59. The predicted octanol–water partition coefficient (Wildman–Crippen LogP) is 4.80. The smallest absolute Gasteiger partial charge is 0.338 e. The summed E-state index contributed by atoms with van der Waals surface area (Å²) < 4.78 is 13.3. The van der Waals surface area contributed by atoms with Crippen molar-refractivity contribution in [2.24, 2.45) is 4.99 Å².